The highest BCUT2D eigenvalue weighted by molar-refractivity contribution is 8.00. The molecule has 12 nitrogen and oxygen atoms in total. The van der Waals surface area contributed by atoms with Crippen LogP contribution in [0, 0.1) is 0 Å². The van der Waals surface area contributed by atoms with E-state index in [1.165, 1.54) is 0 Å². The maximum absolute atomic E-state index is 12.7. The number of fused-ring (bicyclic) bond motifs is 1. The summed E-state index contributed by atoms with van der Waals surface area (Å²) in [6, 6.07) is -2.20. The number of hydroxylamine groups is 1. The molecule has 0 aromatic carbocycles. The van der Waals surface area contributed by atoms with Crippen LogP contribution in [0.5, 0.6) is 0 Å². The molecule has 0 radical (unpaired) electrons. The van der Waals surface area contributed by atoms with Crippen molar-refractivity contribution in [1.82, 2.24) is 26.7 Å². The normalized spacial score (nSPS) is 23.7. The van der Waals surface area contributed by atoms with Crippen LogP contribution in [0.25, 0.3) is 0 Å². The number of carbonyl (C=O) groups is 4. The van der Waals surface area contributed by atoms with Gasteiger partial charge in [-0.25, -0.2) is 9.59 Å². The molecule has 6 N–H and O–H groups in total. The second kappa shape index (κ2) is 12.4. The van der Waals surface area contributed by atoms with Crippen molar-refractivity contribution in [2.75, 3.05) is 26.0 Å². The Morgan fingerprint density at radius 3 is 2.58 bits per heavy atom. The Kier molecular flexibility index (Phi) is 10.2. The van der Waals surface area contributed by atoms with Crippen molar-refractivity contribution in [3.8, 4) is 0 Å². The van der Waals surface area contributed by atoms with E-state index in [9.17, 15) is 24.3 Å². The smallest absolute Gasteiger partial charge is 0.349 e. The number of aliphatic hydroxyl groups excluding tert-OH is 1. The lowest BCUT2D eigenvalue weighted by molar-refractivity contribution is -0.169. The van der Waals surface area contributed by atoms with Crippen LogP contribution in [0.1, 0.15) is 40.0 Å². The zero-order chi connectivity index (χ0) is 24.6. The number of likely N-dealkylation sites (N-methyl/N-ethyl adjacent to an activating group) is 1. The van der Waals surface area contributed by atoms with Gasteiger partial charge in [0.25, 0.3) is 0 Å². The number of carbonyl (C=O) groups excluding carboxylic acids is 4. The first-order valence-electron chi connectivity index (χ1n) is 11.0. The molecular formula is C20H35N5O7S. The zero-order valence-electron chi connectivity index (χ0n) is 19.4. The van der Waals surface area contributed by atoms with Crippen molar-refractivity contribution in [1.29, 1.82) is 0 Å². The molecule has 3 amide bonds. The van der Waals surface area contributed by atoms with E-state index in [4.69, 9.17) is 9.57 Å². The van der Waals surface area contributed by atoms with E-state index >= 15 is 0 Å². The molecule has 1 unspecified atom stereocenters. The Labute approximate surface area is 197 Å². The quantitative estimate of drug-likeness (QED) is 0.111. The number of hydrogen-bond donors (Lipinski definition) is 6. The summed E-state index contributed by atoms with van der Waals surface area (Å²) >= 11 is 1.77. The van der Waals surface area contributed by atoms with Crippen LogP contribution in [-0.4, -0.2) is 90.0 Å². The third kappa shape index (κ3) is 8.65. The molecule has 2 aliphatic heterocycles. The first-order valence-corrected chi connectivity index (χ1v) is 12.0. The van der Waals surface area contributed by atoms with Gasteiger partial charge in [-0.3, -0.25) is 9.59 Å². The lowest BCUT2D eigenvalue weighted by Crippen LogP contribution is -2.50. The summed E-state index contributed by atoms with van der Waals surface area (Å²) in [5.41, 5.74) is 1.72. The first kappa shape index (κ1) is 27.2. The minimum Gasteiger partial charge on any atom is -0.459 e. The van der Waals surface area contributed by atoms with Crippen molar-refractivity contribution < 1.29 is 33.9 Å². The molecule has 188 valence electrons. The molecule has 13 heteroatoms. The Hall–Kier alpha value is -2.09. The van der Waals surface area contributed by atoms with E-state index < -0.39 is 42.1 Å². The van der Waals surface area contributed by atoms with Gasteiger partial charge in [0.1, 0.15) is 11.6 Å². The summed E-state index contributed by atoms with van der Waals surface area (Å²) in [6.45, 7) is 4.51. The van der Waals surface area contributed by atoms with Crippen LogP contribution in [-0.2, 0) is 24.0 Å². The van der Waals surface area contributed by atoms with Crippen LogP contribution in [0.3, 0.4) is 0 Å². The topological polar surface area (TPSA) is 167 Å². The minimum atomic E-state index is -1.28. The average molecular weight is 490 g/mol. The summed E-state index contributed by atoms with van der Waals surface area (Å²) in [6.07, 6.45) is 1.70. The number of ether oxygens (including phenoxy) is 1. The van der Waals surface area contributed by atoms with Gasteiger partial charge in [-0.05, 0) is 47.1 Å². The molecule has 2 heterocycles. The number of esters is 1. The Balaban J connectivity index is 1.90. The average Bonchev–Trinajstić information content (AvgIpc) is 3.26. The Bertz CT molecular complexity index is 717. The maximum Gasteiger partial charge on any atom is 0.349 e. The van der Waals surface area contributed by atoms with Crippen molar-refractivity contribution in [3.05, 3.63) is 0 Å². The number of aliphatic hydroxyl groups is 1. The van der Waals surface area contributed by atoms with Gasteiger partial charge in [0.15, 0.2) is 6.04 Å². The summed E-state index contributed by atoms with van der Waals surface area (Å²) in [7, 11) is 1.57. The van der Waals surface area contributed by atoms with Gasteiger partial charge >= 0.3 is 18.0 Å². The van der Waals surface area contributed by atoms with Gasteiger partial charge in [0.05, 0.1) is 25.2 Å². The molecular weight excluding hydrogens is 454 g/mol. The molecule has 0 aromatic rings. The number of amides is 3. The lowest BCUT2D eigenvalue weighted by Gasteiger charge is -2.25. The highest BCUT2D eigenvalue weighted by atomic mass is 32.2. The van der Waals surface area contributed by atoms with E-state index in [1.54, 1.807) is 39.6 Å². The summed E-state index contributed by atoms with van der Waals surface area (Å²) in [5, 5.41) is 20.4. The van der Waals surface area contributed by atoms with Crippen LogP contribution < -0.4 is 26.7 Å². The second-order valence-electron chi connectivity index (χ2n) is 9.01. The van der Waals surface area contributed by atoms with Crippen LogP contribution >= 0.6 is 11.8 Å². The third-order valence-electron chi connectivity index (χ3n) is 5.05. The van der Waals surface area contributed by atoms with Gasteiger partial charge in [-0.2, -0.15) is 11.8 Å². The van der Waals surface area contributed by atoms with Crippen molar-refractivity contribution >= 4 is 35.6 Å². The zero-order valence-corrected chi connectivity index (χ0v) is 20.3. The molecule has 33 heavy (non-hydrogen) atoms. The molecule has 0 spiro atoms. The van der Waals surface area contributed by atoms with Gasteiger partial charge in [0.2, 0.25) is 5.91 Å². The number of nitrogens with one attached hydrogen (secondary N) is 5. The molecule has 0 bridgehead atoms. The Morgan fingerprint density at radius 2 is 1.94 bits per heavy atom. The van der Waals surface area contributed by atoms with Gasteiger partial charge in [0, 0.05) is 11.0 Å². The molecule has 2 rings (SSSR count). The largest absolute Gasteiger partial charge is 0.459 e. The fraction of sp³-hybridized carbons (Fsp3) is 0.800. The molecule has 2 aliphatic rings. The van der Waals surface area contributed by atoms with Crippen molar-refractivity contribution in [2.45, 2.75) is 75.1 Å². The summed E-state index contributed by atoms with van der Waals surface area (Å²) in [4.78, 5) is 53.2. The van der Waals surface area contributed by atoms with Crippen LogP contribution in [0.4, 0.5) is 4.79 Å². The molecule has 0 aliphatic carbocycles. The molecule has 2 saturated heterocycles. The summed E-state index contributed by atoms with van der Waals surface area (Å²) < 4.78 is 5.43. The van der Waals surface area contributed by atoms with E-state index in [1.807, 2.05) is 0 Å². The van der Waals surface area contributed by atoms with E-state index in [0.29, 0.717) is 12.8 Å². The lowest BCUT2D eigenvalue weighted by atomic mass is 10.0. The van der Waals surface area contributed by atoms with E-state index in [0.717, 1.165) is 12.2 Å². The SMILES string of the molecule is CNCC(=O)N[C@@H](CO)C(=O)ONC(CCC[C@@H]1SC[C@@H]2NC(=O)N[C@@H]21)C(=O)OC(C)(C)C. The predicted molar refractivity (Wildman–Crippen MR) is 121 cm³/mol. The second-order valence-corrected chi connectivity index (χ2v) is 10.3. The number of thioether (sulfide) groups is 1. The minimum absolute atomic E-state index is 0.0330. The first-order chi connectivity index (χ1) is 15.5. The van der Waals surface area contributed by atoms with E-state index in [-0.39, 0.29) is 29.9 Å². The molecule has 0 saturated carbocycles. The van der Waals surface area contributed by atoms with Gasteiger partial charge < -0.3 is 35.9 Å². The van der Waals surface area contributed by atoms with Crippen molar-refractivity contribution in [3.63, 3.8) is 0 Å². The molecule has 5 atom stereocenters. The van der Waals surface area contributed by atoms with E-state index in [2.05, 4.69) is 26.7 Å². The molecule has 0 aromatic heterocycles. The number of rotatable bonds is 12. The maximum atomic E-state index is 12.7. The van der Waals surface area contributed by atoms with Gasteiger partial charge in [-0.1, -0.05) is 0 Å². The predicted octanol–water partition coefficient (Wildman–Crippen LogP) is -1.22. The molecule has 2 fully saturated rings. The number of urea groups is 1. The monoisotopic (exact) mass is 489 g/mol. The highest BCUT2D eigenvalue weighted by Gasteiger charge is 2.42. The fourth-order valence-corrected chi connectivity index (χ4v) is 5.09. The standard InChI is InChI=1S/C20H35N5O7S/c1-20(2,3)31-17(28)11(25-32-18(29)12(9-26)22-15(27)8-21-4)6-5-7-14-16-13(10-33-14)23-19(30)24-16/h11-14,16,21,25-26H,5-10H2,1-4H3,(H,22,27)(H2,23,24,30)/t11?,12-,13-,14-,16-/m0/s1. The van der Waals surface area contributed by atoms with Crippen LogP contribution in [0.15, 0.2) is 0 Å². The Morgan fingerprint density at radius 1 is 1.21 bits per heavy atom. The fourth-order valence-electron chi connectivity index (χ4n) is 3.55. The summed E-state index contributed by atoms with van der Waals surface area (Å²) in [5.74, 6) is -1.16. The van der Waals surface area contributed by atoms with Crippen molar-refractivity contribution in [2.24, 2.45) is 0 Å². The third-order valence-corrected chi connectivity index (χ3v) is 6.56. The highest BCUT2D eigenvalue weighted by Crippen LogP contribution is 2.33. The number of hydrogen-bond acceptors (Lipinski definition) is 10. The van der Waals surface area contributed by atoms with Gasteiger partial charge in [-0.15, -0.1) is 5.48 Å². The van der Waals surface area contributed by atoms with Crippen LogP contribution in [0.2, 0.25) is 0 Å².